The molecule has 0 bridgehead atoms. The van der Waals surface area contributed by atoms with Gasteiger partial charge in [-0.2, -0.15) is 0 Å². The summed E-state index contributed by atoms with van der Waals surface area (Å²) in [6.07, 6.45) is 0.0778. The van der Waals surface area contributed by atoms with E-state index in [2.05, 4.69) is 5.32 Å². The lowest BCUT2D eigenvalue weighted by Gasteiger charge is -2.20. The highest BCUT2D eigenvalue weighted by atomic mass is 35.5. The van der Waals surface area contributed by atoms with Crippen molar-refractivity contribution in [2.75, 3.05) is 0 Å². The van der Waals surface area contributed by atoms with Crippen LogP contribution in [0.15, 0.2) is 24.3 Å². The number of carboxylic acids is 1. The molecular weight excluding hydrogens is 266 g/mol. The minimum Gasteiger partial charge on any atom is -0.481 e. The number of carbonyl (C=O) groups is 2. The first kappa shape index (κ1) is 15.5. The number of benzene rings is 1. The van der Waals surface area contributed by atoms with Crippen molar-refractivity contribution < 1.29 is 14.7 Å². The largest absolute Gasteiger partial charge is 0.481 e. The molecule has 0 aliphatic rings. The molecule has 1 atom stereocenters. The third-order valence-electron chi connectivity index (χ3n) is 2.85. The summed E-state index contributed by atoms with van der Waals surface area (Å²) < 4.78 is 0. The molecule has 2 N–H and O–H groups in total. The van der Waals surface area contributed by atoms with Gasteiger partial charge in [-0.3, -0.25) is 9.59 Å². The summed E-state index contributed by atoms with van der Waals surface area (Å²) in [7, 11) is 0. The number of carboxylic acid groups (broad SMARTS) is 1. The van der Waals surface area contributed by atoms with Gasteiger partial charge < -0.3 is 10.4 Å². The van der Waals surface area contributed by atoms with Crippen LogP contribution >= 0.6 is 11.6 Å². The maximum atomic E-state index is 11.9. The van der Waals surface area contributed by atoms with Crippen LogP contribution in [-0.4, -0.2) is 23.0 Å². The molecule has 1 amide bonds. The number of amides is 1. The van der Waals surface area contributed by atoms with Crippen molar-refractivity contribution in [1.29, 1.82) is 0 Å². The highest BCUT2D eigenvalue weighted by molar-refractivity contribution is 6.31. The lowest BCUT2D eigenvalue weighted by molar-refractivity contribution is -0.138. The molecule has 0 fully saturated rings. The Morgan fingerprint density at radius 1 is 1.32 bits per heavy atom. The Hall–Kier alpha value is -1.55. The molecule has 19 heavy (non-hydrogen) atoms. The molecule has 0 heterocycles. The van der Waals surface area contributed by atoms with E-state index in [4.69, 9.17) is 16.7 Å². The summed E-state index contributed by atoms with van der Waals surface area (Å²) in [6.45, 7) is 3.76. The lowest BCUT2D eigenvalue weighted by Crippen LogP contribution is -2.40. The molecule has 5 heteroatoms. The number of halogens is 1. The van der Waals surface area contributed by atoms with Gasteiger partial charge >= 0.3 is 5.97 Å². The molecule has 104 valence electrons. The van der Waals surface area contributed by atoms with Crippen molar-refractivity contribution in [1.82, 2.24) is 5.32 Å². The molecule has 0 aliphatic carbocycles. The summed E-state index contributed by atoms with van der Waals surface area (Å²) in [4.78, 5) is 22.6. The Morgan fingerprint density at radius 3 is 2.47 bits per heavy atom. The van der Waals surface area contributed by atoms with Gasteiger partial charge in [0.25, 0.3) is 0 Å². The van der Waals surface area contributed by atoms with Crippen LogP contribution in [0, 0.1) is 5.92 Å². The number of carbonyl (C=O) groups excluding carboxylic acids is 1. The fourth-order valence-electron chi connectivity index (χ4n) is 1.71. The first-order chi connectivity index (χ1) is 8.90. The Morgan fingerprint density at radius 2 is 1.95 bits per heavy atom. The van der Waals surface area contributed by atoms with Gasteiger partial charge in [-0.1, -0.05) is 43.6 Å². The summed E-state index contributed by atoms with van der Waals surface area (Å²) in [5.74, 6) is -1.07. The molecule has 0 saturated carbocycles. The van der Waals surface area contributed by atoms with E-state index in [1.54, 1.807) is 18.2 Å². The maximum Gasteiger partial charge on any atom is 0.305 e. The SMILES string of the molecule is CC(C)C(CC(=O)O)NC(=O)Cc1ccccc1Cl. The molecule has 0 aliphatic heterocycles. The van der Waals surface area contributed by atoms with Gasteiger partial charge in [-0.05, 0) is 17.5 Å². The fourth-order valence-corrected chi connectivity index (χ4v) is 1.92. The third-order valence-corrected chi connectivity index (χ3v) is 3.22. The van der Waals surface area contributed by atoms with Gasteiger partial charge in [-0.25, -0.2) is 0 Å². The van der Waals surface area contributed by atoms with Crippen LogP contribution < -0.4 is 5.32 Å². The van der Waals surface area contributed by atoms with Crippen LogP contribution in [0.2, 0.25) is 5.02 Å². The van der Waals surface area contributed by atoms with Crippen LogP contribution in [0.1, 0.15) is 25.8 Å². The van der Waals surface area contributed by atoms with E-state index in [-0.39, 0.29) is 30.7 Å². The van der Waals surface area contributed by atoms with Crippen molar-refractivity contribution in [2.24, 2.45) is 5.92 Å². The van der Waals surface area contributed by atoms with Crippen molar-refractivity contribution in [2.45, 2.75) is 32.7 Å². The zero-order valence-electron chi connectivity index (χ0n) is 11.0. The Labute approximate surface area is 117 Å². The van der Waals surface area contributed by atoms with Crippen molar-refractivity contribution in [3.8, 4) is 0 Å². The predicted octanol–water partition coefficient (Wildman–Crippen LogP) is 2.50. The minimum absolute atomic E-state index is 0.0614. The molecule has 4 nitrogen and oxygen atoms in total. The van der Waals surface area contributed by atoms with Crippen LogP contribution in [0.25, 0.3) is 0 Å². The molecule has 0 spiro atoms. The van der Waals surface area contributed by atoms with E-state index in [1.165, 1.54) is 0 Å². The second kappa shape index (κ2) is 7.14. The molecule has 0 saturated heterocycles. The van der Waals surface area contributed by atoms with Crippen LogP contribution in [0.5, 0.6) is 0 Å². The van der Waals surface area contributed by atoms with Crippen molar-refractivity contribution >= 4 is 23.5 Å². The van der Waals surface area contributed by atoms with E-state index < -0.39 is 5.97 Å². The van der Waals surface area contributed by atoms with E-state index >= 15 is 0 Å². The summed E-state index contributed by atoms with van der Waals surface area (Å²) >= 11 is 5.98. The molecular formula is C14H18ClNO3. The second-order valence-electron chi connectivity index (χ2n) is 4.78. The van der Waals surface area contributed by atoms with Crippen LogP contribution in [-0.2, 0) is 16.0 Å². The lowest BCUT2D eigenvalue weighted by atomic mass is 10.0. The highest BCUT2D eigenvalue weighted by Gasteiger charge is 2.19. The van der Waals surface area contributed by atoms with Crippen LogP contribution in [0.4, 0.5) is 0 Å². The standard InChI is InChI=1S/C14H18ClNO3/c1-9(2)12(8-14(18)19)16-13(17)7-10-5-3-4-6-11(10)15/h3-6,9,12H,7-8H2,1-2H3,(H,16,17)(H,18,19). The Kier molecular flexibility index (Phi) is 5.83. The van der Waals surface area contributed by atoms with Gasteiger partial charge in [-0.15, -0.1) is 0 Å². The number of aliphatic carboxylic acids is 1. The molecule has 1 unspecified atom stereocenters. The van der Waals surface area contributed by atoms with Gasteiger partial charge in [0, 0.05) is 11.1 Å². The zero-order valence-corrected chi connectivity index (χ0v) is 11.8. The van der Waals surface area contributed by atoms with Gasteiger partial charge in [0.1, 0.15) is 0 Å². The van der Waals surface area contributed by atoms with Crippen LogP contribution in [0.3, 0.4) is 0 Å². The second-order valence-corrected chi connectivity index (χ2v) is 5.19. The quantitative estimate of drug-likeness (QED) is 0.843. The maximum absolute atomic E-state index is 11.9. The molecule has 1 aromatic carbocycles. The zero-order chi connectivity index (χ0) is 14.4. The van der Waals surface area contributed by atoms with E-state index in [1.807, 2.05) is 19.9 Å². The van der Waals surface area contributed by atoms with Crippen molar-refractivity contribution in [3.05, 3.63) is 34.9 Å². The topological polar surface area (TPSA) is 66.4 Å². The molecule has 1 rings (SSSR count). The van der Waals surface area contributed by atoms with Gasteiger partial charge in [0.15, 0.2) is 0 Å². The van der Waals surface area contributed by atoms with Crippen molar-refractivity contribution in [3.63, 3.8) is 0 Å². The predicted molar refractivity (Wildman–Crippen MR) is 74.2 cm³/mol. The monoisotopic (exact) mass is 283 g/mol. The molecule has 0 aromatic heterocycles. The normalized spacial score (nSPS) is 12.2. The smallest absolute Gasteiger partial charge is 0.305 e. The first-order valence-corrected chi connectivity index (χ1v) is 6.52. The first-order valence-electron chi connectivity index (χ1n) is 6.14. The number of nitrogens with one attached hydrogen (secondary N) is 1. The Balaban J connectivity index is 2.63. The van der Waals surface area contributed by atoms with Gasteiger partial charge in [0.05, 0.1) is 12.8 Å². The summed E-state index contributed by atoms with van der Waals surface area (Å²) in [6, 6.07) is 6.74. The van der Waals surface area contributed by atoms with E-state index in [0.29, 0.717) is 5.02 Å². The number of rotatable bonds is 6. The average molecular weight is 284 g/mol. The van der Waals surface area contributed by atoms with Gasteiger partial charge in [0.2, 0.25) is 5.91 Å². The third kappa shape index (κ3) is 5.30. The van der Waals surface area contributed by atoms with E-state index in [9.17, 15) is 9.59 Å². The average Bonchev–Trinajstić information content (AvgIpc) is 2.30. The number of hydrogen-bond donors (Lipinski definition) is 2. The minimum atomic E-state index is -0.920. The molecule has 1 aromatic rings. The number of hydrogen-bond acceptors (Lipinski definition) is 2. The summed E-state index contributed by atoms with van der Waals surface area (Å²) in [5.41, 5.74) is 0.736. The highest BCUT2D eigenvalue weighted by Crippen LogP contribution is 2.15. The Bertz CT molecular complexity index is 460. The summed E-state index contributed by atoms with van der Waals surface area (Å²) in [5, 5.41) is 12.1. The molecule has 0 radical (unpaired) electrons. The van der Waals surface area contributed by atoms with E-state index in [0.717, 1.165) is 5.56 Å². The fraction of sp³-hybridized carbons (Fsp3) is 0.429.